The predicted octanol–water partition coefficient (Wildman–Crippen LogP) is 9.76. The zero-order valence-corrected chi connectivity index (χ0v) is 26.2. The quantitative estimate of drug-likeness (QED) is 0.184. The topological polar surface area (TPSA) is 34.8 Å². The van der Waals surface area contributed by atoms with Crippen molar-refractivity contribution in [3.05, 3.63) is 157 Å². The van der Waals surface area contributed by atoms with Crippen molar-refractivity contribution in [2.45, 2.75) is 6.92 Å². The average molecular weight is 618 g/mol. The Bertz CT molecular complexity index is 2460. The van der Waals surface area contributed by atoms with E-state index in [0.717, 1.165) is 89.5 Å². The molecule has 48 heavy (non-hydrogen) atoms. The van der Waals surface area contributed by atoms with Crippen molar-refractivity contribution in [1.82, 2.24) is 0 Å². The Hall–Kier alpha value is -6.20. The highest BCUT2D eigenvalue weighted by Crippen LogP contribution is 2.41. The van der Waals surface area contributed by atoms with Crippen molar-refractivity contribution in [3.63, 3.8) is 0 Å². The minimum absolute atomic E-state index is 0.0640. The molecule has 8 aromatic rings. The standard InChI is InChI=1S/C43H28BNO3/c1-27-14-18-30(19-15-27)45(32-22-23-38-34(26-32)33-8-2-5-11-37(33)46-38)31-20-16-28(17-21-31)29-24-41-43-42(25-29)48-40-13-7-4-10-36(40)44(43)35-9-3-6-12-39(35)47-41/h2-26H,1H3. The molecule has 0 unspecified atom stereocenters. The summed E-state index contributed by atoms with van der Waals surface area (Å²) in [6.45, 7) is 2.18. The van der Waals surface area contributed by atoms with E-state index in [0.29, 0.717) is 0 Å². The van der Waals surface area contributed by atoms with Gasteiger partial charge in [0.05, 0.1) is 0 Å². The van der Waals surface area contributed by atoms with Gasteiger partial charge < -0.3 is 18.8 Å². The lowest BCUT2D eigenvalue weighted by molar-refractivity contribution is 0.465. The summed E-state index contributed by atoms with van der Waals surface area (Å²) in [5.41, 5.74) is 11.7. The van der Waals surface area contributed by atoms with E-state index in [-0.39, 0.29) is 6.71 Å². The Labute approximate surface area is 278 Å². The summed E-state index contributed by atoms with van der Waals surface area (Å²) in [5, 5.41) is 2.21. The van der Waals surface area contributed by atoms with Gasteiger partial charge in [-0.2, -0.15) is 0 Å². The predicted molar refractivity (Wildman–Crippen MR) is 196 cm³/mol. The normalized spacial score (nSPS) is 12.6. The van der Waals surface area contributed by atoms with E-state index in [1.807, 2.05) is 24.3 Å². The number of hydrogen-bond donors (Lipinski definition) is 0. The van der Waals surface area contributed by atoms with Crippen LogP contribution in [-0.2, 0) is 0 Å². The van der Waals surface area contributed by atoms with E-state index in [1.54, 1.807) is 0 Å². The molecule has 1 aromatic heterocycles. The second kappa shape index (κ2) is 10.4. The minimum atomic E-state index is 0.0640. The number of rotatable bonds is 4. The van der Waals surface area contributed by atoms with Crippen LogP contribution in [0.15, 0.2) is 156 Å². The van der Waals surface area contributed by atoms with Crippen molar-refractivity contribution in [2.75, 3.05) is 4.90 Å². The monoisotopic (exact) mass is 617 g/mol. The number of fused-ring (bicyclic) bond motifs is 7. The molecule has 0 saturated carbocycles. The molecule has 226 valence electrons. The summed E-state index contributed by atoms with van der Waals surface area (Å²) in [6.07, 6.45) is 0. The summed E-state index contributed by atoms with van der Waals surface area (Å²) in [4.78, 5) is 2.30. The highest BCUT2D eigenvalue weighted by atomic mass is 16.5. The van der Waals surface area contributed by atoms with Crippen LogP contribution in [0.25, 0.3) is 33.1 Å². The maximum Gasteiger partial charge on any atom is 0.260 e. The largest absolute Gasteiger partial charge is 0.458 e. The van der Waals surface area contributed by atoms with Gasteiger partial charge >= 0.3 is 0 Å². The molecule has 0 N–H and O–H groups in total. The first-order valence-corrected chi connectivity index (χ1v) is 16.3. The van der Waals surface area contributed by atoms with E-state index in [4.69, 9.17) is 13.9 Å². The summed E-state index contributed by atoms with van der Waals surface area (Å²) in [7, 11) is 0. The smallest absolute Gasteiger partial charge is 0.260 e. The lowest BCUT2D eigenvalue weighted by atomic mass is 9.35. The van der Waals surface area contributed by atoms with Crippen molar-refractivity contribution in [2.24, 2.45) is 0 Å². The van der Waals surface area contributed by atoms with Crippen LogP contribution in [0.2, 0.25) is 0 Å². The molecule has 0 saturated heterocycles. The maximum atomic E-state index is 6.55. The third-order valence-corrected chi connectivity index (χ3v) is 9.66. The van der Waals surface area contributed by atoms with Crippen LogP contribution in [0.3, 0.4) is 0 Å². The van der Waals surface area contributed by atoms with E-state index < -0.39 is 0 Å². The molecule has 0 atom stereocenters. The Morgan fingerprint density at radius 1 is 0.458 bits per heavy atom. The molecule has 0 amide bonds. The molecule has 4 nitrogen and oxygen atoms in total. The lowest BCUT2D eigenvalue weighted by Gasteiger charge is -2.33. The molecular weight excluding hydrogens is 589 g/mol. The van der Waals surface area contributed by atoms with E-state index >= 15 is 0 Å². The SMILES string of the molecule is Cc1ccc(N(c2ccc(-c3cc4c5c(c3)Oc3ccccc3B5c3ccccc3O4)cc2)c2ccc3oc4ccccc4c3c2)cc1. The Balaban J connectivity index is 1.08. The molecule has 2 aliphatic rings. The molecule has 0 bridgehead atoms. The van der Waals surface area contributed by atoms with E-state index in [9.17, 15) is 0 Å². The molecule has 10 rings (SSSR count). The summed E-state index contributed by atoms with van der Waals surface area (Å²) in [6, 6.07) is 53.0. The Morgan fingerprint density at radius 2 is 1.02 bits per heavy atom. The number of benzene rings is 7. The molecular formula is C43H28BNO3. The van der Waals surface area contributed by atoms with Gasteiger partial charge in [-0.25, -0.2) is 0 Å². The van der Waals surface area contributed by atoms with Crippen LogP contribution < -0.4 is 30.8 Å². The number of furan rings is 1. The Morgan fingerprint density at radius 3 is 1.71 bits per heavy atom. The number of ether oxygens (including phenoxy) is 2. The zero-order valence-electron chi connectivity index (χ0n) is 26.2. The molecule has 2 aliphatic heterocycles. The average Bonchev–Trinajstić information content (AvgIpc) is 3.51. The molecule has 0 spiro atoms. The van der Waals surface area contributed by atoms with Crippen LogP contribution in [0, 0.1) is 6.92 Å². The van der Waals surface area contributed by atoms with Crippen molar-refractivity contribution in [3.8, 4) is 34.1 Å². The lowest BCUT2D eigenvalue weighted by Crippen LogP contribution is -2.57. The molecule has 0 aliphatic carbocycles. The van der Waals surface area contributed by atoms with Crippen molar-refractivity contribution in [1.29, 1.82) is 0 Å². The van der Waals surface area contributed by atoms with Crippen LogP contribution in [0.1, 0.15) is 5.56 Å². The van der Waals surface area contributed by atoms with Gasteiger partial charge in [0.1, 0.15) is 34.2 Å². The summed E-state index contributed by atoms with van der Waals surface area (Å²) < 4.78 is 19.3. The fourth-order valence-corrected chi connectivity index (χ4v) is 7.36. The van der Waals surface area contributed by atoms with Gasteiger partial charge in [0, 0.05) is 33.3 Å². The first-order valence-electron chi connectivity index (χ1n) is 16.3. The van der Waals surface area contributed by atoms with Crippen LogP contribution in [0.5, 0.6) is 23.0 Å². The summed E-state index contributed by atoms with van der Waals surface area (Å²) in [5.74, 6) is 3.46. The van der Waals surface area contributed by atoms with Gasteiger partial charge in [0.25, 0.3) is 6.71 Å². The van der Waals surface area contributed by atoms with Gasteiger partial charge in [0.2, 0.25) is 0 Å². The van der Waals surface area contributed by atoms with Crippen molar-refractivity contribution >= 4 is 62.1 Å². The number of aryl methyl sites for hydroxylation is 1. The minimum Gasteiger partial charge on any atom is -0.458 e. The molecule has 5 heteroatoms. The molecule has 3 heterocycles. The third-order valence-electron chi connectivity index (χ3n) is 9.66. The molecule has 7 aromatic carbocycles. The van der Waals surface area contributed by atoms with Crippen LogP contribution in [-0.4, -0.2) is 6.71 Å². The van der Waals surface area contributed by atoms with Gasteiger partial charge in [-0.15, -0.1) is 0 Å². The van der Waals surface area contributed by atoms with Gasteiger partial charge in [-0.05, 0) is 102 Å². The molecule has 0 fully saturated rings. The second-order valence-electron chi connectivity index (χ2n) is 12.6. The second-order valence-corrected chi connectivity index (χ2v) is 12.6. The Kier molecular flexibility index (Phi) is 5.85. The van der Waals surface area contributed by atoms with E-state index in [1.165, 1.54) is 5.56 Å². The number of para-hydroxylation sites is 3. The van der Waals surface area contributed by atoms with E-state index in [2.05, 4.69) is 139 Å². The van der Waals surface area contributed by atoms with Gasteiger partial charge in [-0.1, -0.05) is 84.4 Å². The fourth-order valence-electron chi connectivity index (χ4n) is 7.36. The van der Waals surface area contributed by atoms with Crippen molar-refractivity contribution < 1.29 is 13.9 Å². The van der Waals surface area contributed by atoms with Crippen LogP contribution in [0.4, 0.5) is 17.1 Å². The van der Waals surface area contributed by atoms with Gasteiger partial charge in [-0.3, -0.25) is 0 Å². The number of anilines is 3. The number of nitrogens with zero attached hydrogens (tertiary/aromatic N) is 1. The maximum absolute atomic E-state index is 6.55. The highest BCUT2D eigenvalue weighted by Gasteiger charge is 2.40. The molecule has 0 radical (unpaired) electrons. The van der Waals surface area contributed by atoms with Crippen LogP contribution >= 0.6 is 0 Å². The first kappa shape index (κ1) is 27.0. The number of hydrogen-bond acceptors (Lipinski definition) is 4. The highest BCUT2D eigenvalue weighted by molar-refractivity contribution is 6.98. The first-order chi connectivity index (χ1) is 23.7. The fraction of sp³-hybridized carbons (Fsp3) is 0.0233. The third kappa shape index (κ3) is 4.18. The zero-order chi connectivity index (χ0) is 31.8. The summed E-state index contributed by atoms with van der Waals surface area (Å²) >= 11 is 0. The van der Waals surface area contributed by atoms with Gasteiger partial charge in [0.15, 0.2) is 0 Å².